The molecule has 1 aromatic rings. The summed E-state index contributed by atoms with van der Waals surface area (Å²) in [5, 5.41) is 12.4. The van der Waals surface area contributed by atoms with E-state index in [1.54, 1.807) is 20.1 Å². The van der Waals surface area contributed by atoms with Crippen LogP contribution >= 0.6 is 0 Å². The van der Waals surface area contributed by atoms with Crippen LogP contribution in [-0.4, -0.2) is 34.8 Å². The molecule has 0 saturated carbocycles. The number of nitrogens with one attached hydrogen (secondary N) is 1. The normalized spacial score (nSPS) is 12.6. The Morgan fingerprint density at radius 1 is 1.44 bits per heavy atom. The third-order valence-electron chi connectivity index (χ3n) is 2.36. The highest BCUT2D eigenvalue weighted by Crippen LogP contribution is 2.15. The monoisotopic (exact) mass is 225 g/mol. The average Bonchev–Trinajstić information content (AvgIpc) is 2.24. The van der Waals surface area contributed by atoms with Gasteiger partial charge in [0, 0.05) is 6.07 Å². The first-order chi connectivity index (χ1) is 7.56. The second-order valence-corrected chi connectivity index (χ2v) is 4.02. The summed E-state index contributed by atoms with van der Waals surface area (Å²) in [7, 11) is 1.57. The van der Waals surface area contributed by atoms with Gasteiger partial charge in [-0.25, -0.2) is 4.98 Å². The number of hydrogen-bond donors (Lipinski definition) is 2. The molecule has 1 rings (SSSR count). The molecule has 90 valence electrons. The molecule has 0 aromatic carbocycles. The van der Waals surface area contributed by atoms with E-state index in [1.807, 2.05) is 13.8 Å². The molecular weight excluding hydrogens is 206 g/mol. The van der Waals surface area contributed by atoms with Crippen LogP contribution in [0.15, 0.2) is 6.07 Å². The molecule has 0 saturated heterocycles. The molecule has 0 unspecified atom stereocenters. The van der Waals surface area contributed by atoms with Crippen molar-refractivity contribution in [1.82, 2.24) is 9.97 Å². The summed E-state index contributed by atoms with van der Waals surface area (Å²) >= 11 is 0. The number of aliphatic hydroxyl groups is 1. The van der Waals surface area contributed by atoms with Crippen LogP contribution in [-0.2, 0) is 0 Å². The van der Waals surface area contributed by atoms with Crippen molar-refractivity contribution in [2.24, 2.45) is 5.92 Å². The Labute approximate surface area is 95.9 Å². The molecule has 16 heavy (non-hydrogen) atoms. The van der Waals surface area contributed by atoms with Crippen LogP contribution in [0.2, 0.25) is 0 Å². The molecule has 1 heterocycles. The molecule has 0 aliphatic carbocycles. The number of nitrogens with zero attached hydrogens (tertiary/aromatic N) is 2. The van der Waals surface area contributed by atoms with E-state index in [4.69, 9.17) is 4.74 Å². The predicted octanol–water partition coefficient (Wildman–Crippen LogP) is 1.22. The second kappa shape index (κ2) is 5.65. The van der Waals surface area contributed by atoms with Gasteiger partial charge >= 0.3 is 0 Å². The molecule has 2 N–H and O–H groups in total. The Bertz CT molecular complexity index is 342. The fourth-order valence-electron chi connectivity index (χ4n) is 1.33. The lowest BCUT2D eigenvalue weighted by Gasteiger charge is -2.20. The summed E-state index contributed by atoms with van der Waals surface area (Å²) in [6, 6.07) is 1.71. The molecule has 5 nitrogen and oxygen atoms in total. The molecule has 1 aromatic heterocycles. The van der Waals surface area contributed by atoms with Gasteiger partial charge in [0.25, 0.3) is 0 Å². The Balaban J connectivity index is 2.83. The Morgan fingerprint density at radius 2 is 2.12 bits per heavy atom. The van der Waals surface area contributed by atoms with Crippen molar-refractivity contribution in [2.75, 3.05) is 19.0 Å². The minimum absolute atomic E-state index is 0.0148. The topological polar surface area (TPSA) is 67.3 Å². The van der Waals surface area contributed by atoms with Gasteiger partial charge in [0.2, 0.25) is 5.88 Å². The van der Waals surface area contributed by atoms with Crippen molar-refractivity contribution in [1.29, 1.82) is 0 Å². The lowest BCUT2D eigenvalue weighted by molar-refractivity contribution is 0.249. The van der Waals surface area contributed by atoms with Crippen LogP contribution in [0, 0.1) is 12.8 Å². The smallest absolute Gasteiger partial charge is 0.218 e. The van der Waals surface area contributed by atoms with Gasteiger partial charge in [0.1, 0.15) is 11.6 Å². The van der Waals surface area contributed by atoms with E-state index < -0.39 is 0 Å². The Kier molecular flexibility index (Phi) is 4.49. The van der Waals surface area contributed by atoms with Gasteiger partial charge < -0.3 is 15.2 Å². The van der Waals surface area contributed by atoms with Crippen molar-refractivity contribution in [2.45, 2.75) is 26.8 Å². The number of methoxy groups -OCH3 is 1. The maximum atomic E-state index is 9.22. The van der Waals surface area contributed by atoms with Gasteiger partial charge in [0.15, 0.2) is 0 Å². The summed E-state index contributed by atoms with van der Waals surface area (Å²) in [6.45, 7) is 5.96. The van der Waals surface area contributed by atoms with E-state index >= 15 is 0 Å². The van der Waals surface area contributed by atoms with E-state index in [-0.39, 0.29) is 12.6 Å². The van der Waals surface area contributed by atoms with E-state index in [1.165, 1.54) is 0 Å². The van der Waals surface area contributed by atoms with Gasteiger partial charge in [-0.15, -0.1) is 0 Å². The fraction of sp³-hybridized carbons (Fsp3) is 0.636. The quantitative estimate of drug-likeness (QED) is 0.788. The zero-order valence-electron chi connectivity index (χ0n) is 10.2. The number of ether oxygens (including phenoxy) is 1. The van der Waals surface area contributed by atoms with E-state index in [0.717, 1.165) is 0 Å². The van der Waals surface area contributed by atoms with Crippen molar-refractivity contribution in [3.8, 4) is 5.88 Å². The average molecular weight is 225 g/mol. The third kappa shape index (κ3) is 3.34. The van der Waals surface area contributed by atoms with Gasteiger partial charge in [-0.05, 0) is 12.8 Å². The lowest BCUT2D eigenvalue weighted by atomic mass is 10.1. The largest absolute Gasteiger partial charge is 0.481 e. The molecule has 5 heteroatoms. The molecule has 0 bridgehead atoms. The number of hydrogen-bond acceptors (Lipinski definition) is 5. The van der Waals surface area contributed by atoms with Crippen LogP contribution in [0.4, 0.5) is 5.82 Å². The van der Waals surface area contributed by atoms with Crippen molar-refractivity contribution >= 4 is 5.82 Å². The van der Waals surface area contributed by atoms with E-state index in [0.29, 0.717) is 23.4 Å². The summed E-state index contributed by atoms with van der Waals surface area (Å²) in [5.74, 6) is 2.17. The number of aliphatic hydroxyl groups excluding tert-OH is 1. The molecule has 0 radical (unpaired) electrons. The van der Waals surface area contributed by atoms with Crippen molar-refractivity contribution in [3.63, 3.8) is 0 Å². The van der Waals surface area contributed by atoms with Crippen LogP contribution in [0.25, 0.3) is 0 Å². The molecule has 0 aliphatic heterocycles. The van der Waals surface area contributed by atoms with E-state index in [2.05, 4.69) is 15.3 Å². The first-order valence-electron chi connectivity index (χ1n) is 5.34. The van der Waals surface area contributed by atoms with Crippen LogP contribution in [0.1, 0.15) is 19.7 Å². The number of anilines is 1. The van der Waals surface area contributed by atoms with Crippen molar-refractivity contribution < 1.29 is 9.84 Å². The Hall–Kier alpha value is -1.36. The zero-order chi connectivity index (χ0) is 12.1. The van der Waals surface area contributed by atoms with E-state index in [9.17, 15) is 5.11 Å². The maximum absolute atomic E-state index is 9.22. The summed E-state index contributed by atoms with van der Waals surface area (Å²) in [5.41, 5.74) is 0. The van der Waals surface area contributed by atoms with Crippen LogP contribution in [0.3, 0.4) is 0 Å². The van der Waals surface area contributed by atoms with Crippen LogP contribution in [0.5, 0.6) is 5.88 Å². The standard InChI is InChI=1S/C11H19N3O2/c1-7(2)9(6-15)14-10-5-11(16-4)13-8(3)12-10/h5,7,9,15H,6H2,1-4H3,(H,12,13,14)/t9-/m1/s1. The molecule has 0 aliphatic rings. The van der Waals surface area contributed by atoms with Crippen LogP contribution < -0.4 is 10.1 Å². The summed E-state index contributed by atoms with van der Waals surface area (Å²) in [6.07, 6.45) is 0. The molecule has 0 spiro atoms. The molecular formula is C11H19N3O2. The molecule has 0 amide bonds. The number of rotatable bonds is 5. The first-order valence-corrected chi connectivity index (χ1v) is 5.34. The highest BCUT2D eigenvalue weighted by Gasteiger charge is 2.13. The summed E-state index contributed by atoms with van der Waals surface area (Å²) in [4.78, 5) is 8.33. The Morgan fingerprint density at radius 3 is 2.62 bits per heavy atom. The minimum atomic E-state index is -0.0148. The first kappa shape index (κ1) is 12.7. The molecule has 1 atom stereocenters. The van der Waals surface area contributed by atoms with Crippen molar-refractivity contribution in [3.05, 3.63) is 11.9 Å². The van der Waals surface area contributed by atoms with Gasteiger partial charge in [0.05, 0.1) is 19.8 Å². The third-order valence-corrected chi connectivity index (χ3v) is 2.36. The van der Waals surface area contributed by atoms with Gasteiger partial charge in [-0.2, -0.15) is 4.98 Å². The maximum Gasteiger partial charge on any atom is 0.218 e. The van der Waals surface area contributed by atoms with Gasteiger partial charge in [-0.3, -0.25) is 0 Å². The second-order valence-electron chi connectivity index (χ2n) is 4.02. The number of aryl methyl sites for hydroxylation is 1. The SMILES string of the molecule is COc1cc(N[C@H](CO)C(C)C)nc(C)n1. The zero-order valence-corrected chi connectivity index (χ0v) is 10.2. The fourth-order valence-corrected chi connectivity index (χ4v) is 1.33. The minimum Gasteiger partial charge on any atom is -0.481 e. The number of aromatic nitrogens is 2. The lowest BCUT2D eigenvalue weighted by Crippen LogP contribution is -2.30. The molecule has 0 fully saturated rings. The van der Waals surface area contributed by atoms with Gasteiger partial charge in [-0.1, -0.05) is 13.8 Å². The highest BCUT2D eigenvalue weighted by atomic mass is 16.5. The highest BCUT2D eigenvalue weighted by molar-refractivity contribution is 5.39. The summed E-state index contributed by atoms with van der Waals surface area (Å²) < 4.78 is 5.06. The predicted molar refractivity (Wildman–Crippen MR) is 62.7 cm³/mol.